The van der Waals surface area contributed by atoms with Crippen molar-refractivity contribution >= 4 is 21.6 Å². The van der Waals surface area contributed by atoms with E-state index in [0.29, 0.717) is 0 Å². The maximum absolute atomic E-state index is 7.64. The van der Waals surface area contributed by atoms with E-state index in [1.165, 1.54) is 22.5 Å². The summed E-state index contributed by atoms with van der Waals surface area (Å²) in [5.74, 6) is 0. The van der Waals surface area contributed by atoms with Crippen molar-refractivity contribution in [3.63, 3.8) is 0 Å². The van der Waals surface area contributed by atoms with Gasteiger partial charge in [-0.15, -0.1) is 5.16 Å². The first-order chi connectivity index (χ1) is 7.79. The van der Waals surface area contributed by atoms with E-state index in [2.05, 4.69) is 47.6 Å². The van der Waals surface area contributed by atoms with Crippen LogP contribution in [0.2, 0.25) is 0 Å². The van der Waals surface area contributed by atoms with E-state index < -0.39 is 0 Å². The fourth-order valence-electron chi connectivity index (χ4n) is 1.45. The summed E-state index contributed by atoms with van der Waals surface area (Å²) in [7, 11) is 1.14. The molecule has 0 saturated heterocycles. The first kappa shape index (κ1) is 12.5. The van der Waals surface area contributed by atoms with Gasteiger partial charge in [-0.1, -0.05) is 54.6 Å². The molecule has 0 spiro atoms. The van der Waals surface area contributed by atoms with Gasteiger partial charge in [0.1, 0.15) is 0 Å². The topological polar surface area (TPSA) is 32.6 Å². The predicted molar refractivity (Wildman–Crippen MR) is 73.2 cm³/mol. The van der Waals surface area contributed by atoms with Gasteiger partial charge in [-0.3, -0.25) is 0 Å². The van der Waals surface area contributed by atoms with Crippen LogP contribution in [-0.2, 0) is 0 Å². The highest BCUT2D eigenvalue weighted by Crippen LogP contribution is 2.17. The molecule has 0 aromatic heterocycles. The summed E-state index contributed by atoms with van der Waals surface area (Å²) in [6.45, 7) is 1.90. The Kier molecular flexibility index (Phi) is 5.29. The lowest BCUT2D eigenvalue weighted by Crippen LogP contribution is -1.98. The quantitative estimate of drug-likeness (QED) is 0.344. The van der Waals surface area contributed by atoms with Crippen LogP contribution in [0, 0.1) is 0 Å². The molecule has 2 rings (SSSR count). The highest BCUT2D eigenvalue weighted by molar-refractivity contribution is 6.36. The molecule has 0 unspecified atom stereocenters. The molecule has 0 aliphatic heterocycles. The van der Waals surface area contributed by atoms with Gasteiger partial charge in [0.05, 0.1) is 0 Å². The summed E-state index contributed by atoms with van der Waals surface area (Å²) in [5.41, 5.74) is 2.78. The monoisotopic (exact) mass is 231 g/mol. The molecule has 2 aliphatic rings. The van der Waals surface area contributed by atoms with Crippen LogP contribution in [0.4, 0.5) is 0 Å². The third-order valence-corrected chi connectivity index (χ3v) is 3.15. The maximum Gasteiger partial charge on any atom is 0.0433 e. The number of oxime groups is 1. The SMILES string of the molecule is CCC=NO.[SiH3]c1ccc2cccccc1-2. The van der Waals surface area contributed by atoms with Gasteiger partial charge in [-0.2, -0.15) is 0 Å². The lowest BCUT2D eigenvalue weighted by atomic mass is 10.2. The average Bonchev–Trinajstić information content (AvgIpc) is 2.53. The third kappa shape index (κ3) is 3.51. The number of hydrogen-bond donors (Lipinski definition) is 1. The molecule has 3 heteroatoms. The van der Waals surface area contributed by atoms with Gasteiger partial charge in [-0.25, -0.2) is 0 Å². The van der Waals surface area contributed by atoms with Crippen molar-refractivity contribution in [2.45, 2.75) is 13.3 Å². The second kappa shape index (κ2) is 6.79. The molecule has 0 fully saturated rings. The molecule has 0 atom stereocenters. The van der Waals surface area contributed by atoms with E-state index in [1.54, 1.807) is 0 Å². The number of nitrogens with zero attached hydrogens (tertiary/aromatic N) is 1. The molecule has 84 valence electrons. The second-order valence-electron chi connectivity index (χ2n) is 3.50. The Balaban J connectivity index is 0.000000221. The Morgan fingerprint density at radius 3 is 2.56 bits per heavy atom. The predicted octanol–water partition coefficient (Wildman–Crippen LogP) is 1.64. The van der Waals surface area contributed by atoms with Crippen LogP contribution in [0.5, 0.6) is 0 Å². The van der Waals surface area contributed by atoms with Crippen molar-refractivity contribution < 1.29 is 5.21 Å². The van der Waals surface area contributed by atoms with Crippen LogP contribution in [-0.4, -0.2) is 21.7 Å². The molecule has 16 heavy (non-hydrogen) atoms. The van der Waals surface area contributed by atoms with Crippen LogP contribution >= 0.6 is 0 Å². The minimum absolute atomic E-state index is 0.802. The van der Waals surface area contributed by atoms with Crippen molar-refractivity contribution in [3.8, 4) is 11.1 Å². The first-order valence-electron chi connectivity index (χ1n) is 5.39. The molecular formula is C13H17NOSi. The van der Waals surface area contributed by atoms with Gasteiger partial charge < -0.3 is 5.21 Å². The van der Waals surface area contributed by atoms with Gasteiger partial charge in [0.2, 0.25) is 0 Å². The largest absolute Gasteiger partial charge is 0.411 e. The molecule has 0 aromatic rings. The summed E-state index contributed by atoms with van der Waals surface area (Å²) in [4.78, 5) is 0. The summed E-state index contributed by atoms with van der Waals surface area (Å²) in [5, 5.41) is 11.9. The molecule has 0 aromatic carbocycles. The van der Waals surface area contributed by atoms with Gasteiger partial charge in [0.15, 0.2) is 0 Å². The summed E-state index contributed by atoms with van der Waals surface area (Å²) < 4.78 is 0. The van der Waals surface area contributed by atoms with Gasteiger partial charge in [0.25, 0.3) is 0 Å². The number of rotatable bonds is 1. The minimum atomic E-state index is 0.802. The van der Waals surface area contributed by atoms with E-state index in [0.717, 1.165) is 16.7 Å². The maximum atomic E-state index is 7.64. The number of hydrogen-bond acceptors (Lipinski definition) is 2. The van der Waals surface area contributed by atoms with Crippen LogP contribution in [0.3, 0.4) is 0 Å². The third-order valence-electron chi connectivity index (χ3n) is 2.27. The Labute approximate surface area is 99.4 Å². The van der Waals surface area contributed by atoms with Crippen molar-refractivity contribution in [2.75, 3.05) is 0 Å². The molecule has 0 amide bonds. The Morgan fingerprint density at radius 2 is 1.94 bits per heavy atom. The average molecular weight is 231 g/mol. The normalized spacial score (nSPS) is 10.3. The van der Waals surface area contributed by atoms with Crippen molar-refractivity contribution in [1.82, 2.24) is 0 Å². The Morgan fingerprint density at radius 1 is 1.19 bits per heavy atom. The Bertz CT molecular complexity index is 428. The fraction of sp³-hybridized carbons (Fsp3) is 0.154. The first-order valence-corrected chi connectivity index (χ1v) is 6.39. The van der Waals surface area contributed by atoms with E-state index >= 15 is 0 Å². The molecule has 1 N–H and O–H groups in total. The lowest BCUT2D eigenvalue weighted by Gasteiger charge is -1.91. The van der Waals surface area contributed by atoms with Gasteiger partial charge in [-0.05, 0) is 17.5 Å². The van der Waals surface area contributed by atoms with E-state index in [9.17, 15) is 0 Å². The van der Waals surface area contributed by atoms with Crippen LogP contribution in [0.15, 0.2) is 47.6 Å². The van der Waals surface area contributed by atoms with Gasteiger partial charge >= 0.3 is 0 Å². The van der Waals surface area contributed by atoms with E-state index in [1.807, 2.05) is 6.92 Å². The zero-order valence-electron chi connectivity index (χ0n) is 9.72. The van der Waals surface area contributed by atoms with E-state index in [4.69, 9.17) is 5.21 Å². The van der Waals surface area contributed by atoms with Crippen LogP contribution < -0.4 is 5.19 Å². The molecule has 0 heterocycles. The summed E-state index contributed by atoms with van der Waals surface area (Å²) in [6.07, 6.45) is 2.23. The summed E-state index contributed by atoms with van der Waals surface area (Å²) >= 11 is 0. The van der Waals surface area contributed by atoms with Crippen LogP contribution in [0.25, 0.3) is 11.1 Å². The molecular weight excluding hydrogens is 214 g/mol. The zero-order chi connectivity index (χ0) is 11.8. The van der Waals surface area contributed by atoms with Crippen molar-refractivity contribution in [3.05, 3.63) is 42.5 Å². The number of fused-ring (bicyclic) bond motifs is 1. The fourth-order valence-corrected chi connectivity index (χ4v) is 2.07. The van der Waals surface area contributed by atoms with Gasteiger partial charge in [0, 0.05) is 16.5 Å². The van der Waals surface area contributed by atoms with Crippen molar-refractivity contribution in [2.24, 2.45) is 5.16 Å². The molecule has 0 radical (unpaired) electrons. The Hall–Kier alpha value is -1.61. The summed E-state index contributed by atoms with van der Waals surface area (Å²) in [6, 6.07) is 15.0. The molecule has 0 bridgehead atoms. The zero-order valence-corrected chi connectivity index (χ0v) is 11.7. The van der Waals surface area contributed by atoms with Crippen LogP contribution in [0.1, 0.15) is 13.3 Å². The lowest BCUT2D eigenvalue weighted by molar-refractivity contribution is 0.320. The van der Waals surface area contributed by atoms with Crippen molar-refractivity contribution in [1.29, 1.82) is 0 Å². The van der Waals surface area contributed by atoms with E-state index in [-0.39, 0.29) is 0 Å². The molecule has 2 aliphatic carbocycles. The molecule has 0 saturated carbocycles. The second-order valence-corrected chi connectivity index (χ2v) is 4.58. The highest BCUT2D eigenvalue weighted by atomic mass is 28.1. The standard InChI is InChI=1S/C10H10Si.C3H7NO/c11-10-7-6-8-4-2-1-3-5-9(8)10;1-2-3-4-5/h1-7H,11H3;3,5H,2H2,1H3. The minimum Gasteiger partial charge on any atom is -0.411 e. The molecule has 2 nitrogen and oxygen atoms in total. The highest BCUT2D eigenvalue weighted by Gasteiger charge is 2.01. The smallest absolute Gasteiger partial charge is 0.0433 e.